The molecule has 1 aliphatic carbocycles. The van der Waals surface area contributed by atoms with Crippen LogP contribution >= 0.6 is 11.3 Å². The molecule has 1 aromatic rings. The molecule has 1 saturated carbocycles. The van der Waals surface area contributed by atoms with E-state index in [2.05, 4.69) is 17.2 Å². The molecule has 0 spiro atoms. The van der Waals surface area contributed by atoms with Gasteiger partial charge in [0.2, 0.25) is 0 Å². The van der Waals surface area contributed by atoms with Gasteiger partial charge in [-0.15, -0.1) is 0 Å². The van der Waals surface area contributed by atoms with Crippen LogP contribution in [0.2, 0.25) is 0 Å². The number of hydrogen-bond acceptors (Lipinski definition) is 4. The van der Waals surface area contributed by atoms with Gasteiger partial charge in [-0.05, 0) is 25.2 Å². The minimum atomic E-state index is 0.592. The van der Waals surface area contributed by atoms with Gasteiger partial charge in [-0.1, -0.05) is 24.7 Å². The summed E-state index contributed by atoms with van der Waals surface area (Å²) in [6, 6.07) is 0.592. The van der Waals surface area contributed by atoms with Crippen molar-refractivity contribution in [2.75, 3.05) is 11.1 Å². The number of nitrogens with two attached hydrogens (primary N) is 1. The van der Waals surface area contributed by atoms with Crippen LogP contribution in [0.4, 0.5) is 10.1 Å². The molecule has 1 aliphatic rings. The fourth-order valence-corrected chi connectivity index (χ4v) is 2.55. The topological polar surface area (TPSA) is 50.9 Å². The zero-order valence-corrected chi connectivity index (χ0v) is 9.31. The van der Waals surface area contributed by atoms with Crippen molar-refractivity contribution in [2.45, 2.75) is 38.6 Å². The molecule has 3 N–H and O–H groups in total. The molecule has 3 nitrogen and oxygen atoms in total. The van der Waals surface area contributed by atoms with E-state index in [9.17, 15) is 0 Å². The Morgan fingerprint density at radius 2 is 2.50 bits per heavy atom. The SMILES string of the molecule is CCC(Nc1ncc(N)s1)C1CCC1. The van der Waals surface area contributed by atoms with Crippen LogP contribution in [-0.4, -0.2) is 11.0 Å². The van der Waals surface area contributed by atoms with Gasteiger partial charge in [-0.3, -0.25) is 0 Å². The van der Waals surface area contributed by atoms with Gasteiger partial charge < -0.3 is 11.1 Å². The minimum absolute atomic E-state index is 0.592. The Labute approximate surface area is 88.7 Å². The van der Waals surface area contributed by atoms with Crippen LogP contribution in [0.3, 0.4) is 0 Å². The smallest absolute Gasteiger partial charge is 0.184 e. The summed E-state index contributed by atoms with van der Waals surface area (Å²) in [6.45, 7) is 2.23. The molecule has 0 amide bonds. The average molecular weight is 211 g/mol. The van der Waals surface area contributed by atoms with Crippen molar-refractivity contribution in [3.05, 3.63) is 6.20 Å². The monoisotopic (exact) mass is 211 g/mol. The quantitative estimate of drug-likeness (QED) is 0.805. The first kappa shape index (κ1) is 9.77. The molecule has 1 unspecified atom stereocenters. The Balaban J connectivity index is 1.93. The summed E-state index contributed by atoms with van der Waals surface area (Å²) >= 11 is 1.54. The van der Waals surface area contributed by atoms with E-state index >= 15 is 0 Å². The number of anilines is 2. The van der Waals surface area contributed by atoms with Crippen molar-refractivity contribution >= 4 is 21.5 Å². The van der Waals surface area contributed by atoms with Crippen molar-refractivity contribution in [1.82, 2.24) is 4.98 Å². The van der Waals surface area contributed by atoms with Crippen molar-refractivity contribution in [3.63, 3.8) is 0 Å². The number of nitrogens with one attached hydrogen (secondary N) is 1. The van der Waals surface area contributed by atoms with E-state index in [4.69, 9.17) is 5.73 Å². The number of aromatic nitrogens is 1. The van der Waals surface area contributed by atoms with Crippen LogP contribution in [-0.2, 0) is 0 Å². The molecule has 1 atom stereocenters. The van der Waals surface area contributed by atoms with E-state index in [1.165, 1.54) is 37.0 Å². The van der Waals surface area contributed by atoms with Gasteiger partial charge in [0.1, 0.15) is 5.00 Å². The molecule has 0 aliphatic heterocycles. The molecule has 1 aromatic heterocycles. The van der Waals surface area contributed by atoms with Gasteiger partial charge in [0.15, 0.2) is 5.13 Å². The van der Waals surface area contributed by atoms with Gasteiger partial charge >= 0.3 is 0 Å². The molecule has 2 rings (SSSR count). The molecule has 14 heavy (non-hydrogen) atoms. The highest BCUT2D eigenvalue weighted by Crippen LogP contribution is 2.33. The second-order valence-electron chi connectivity index (χ2n) is 3.92. The van der Waals surface area contributed by atoms with E-state index in [-0.39, 0.29) is 0 Å². The summed E-state index contributed by atoms with van der Waals surface area (Å²) in [5, 5.41) is 5.24. The lowest BCUT2D eigenvalue weighted by atomic mass is 9.79. The summed E-state index contributed by atoms with van der Waals surface area (Å²) in [7, 11) is 0. The average Bonchev–Trinajstić information content (AvgIpc) is 2.47. The number of nitrogens with zero attached hydrogens (tertiary/aromatic N) is 1. The van der Waals surface area contributed by atoms with Crippen LogP contribution in [0.5, 0.6) is 0 Å². The first-order valence-electron chi connectivity index (χ1n) is 5.27. The van der Waals surface area contributed by atoms with E-state index in [0.717, 1.165) is 16.1 Å². The fraction of sp³-hybridized carbons (Fsp3) is 0.700. The van der Waals surface area contributed by atoms with E-state index in [1.54, 1.807) is 6.20 Å². The molecule has 78 valence electrons. The Morgan fingerprint density at radius 3 is 2.93 bits per heavy atom. The molecular weight excluding hydrogens is 194 g/mol. The third kappa shape index (κ3) is 2.00. The number of hydrogen-bond donors (Lipinski definition) is 2. The highest BCUT2D eigenvalue weighted by molar-refractivity contribution is 7.19. The zero-order chi connectivity index (χ0) is 9.97. The van der Waals surface area contributed by atoms with Crippen LogP contribution in [0, 0.1) is 5.92 Å². The standard InChI is InChI=1S/C10H17N3S/c1-2-8(7-4-3-5-7)13-10-12-6-9(11)14-10/h6-8H,2-5,11H2,1H3,(H,12,13). The highest BCUT2D eigenvalue weighted by atomic mass is 32.1. The summed E-state index contributed by atoms with van der Waals surface area (Å²) < 4.78 is 0. The van der Waals surface area contributed by atoms with E-state index in [0.29, 0.717) is 6.04 Å². The van der Waals surface area contributed by atoms with Crippen LogP contribution in [0.15, 0.2) is 6.20 Å². The first-order chi connectivity index (χ1) is 6.79. The summed E-state index contributed by atoms with van der Waals surface area (Å²) in [4.78, 5) is 4.23. The molecule has 0 bridgehead atoms. The second kappa shape index (κ2) is 4.17. The molecular formula is C10H17N3S. The van der Waals surface area contributed by atoms with Gasteiger partial charge in [0, 0.05) is 6.04 Å². The van der Waals surface area contributed by atoms with Crippen molar-refractivity contribution in [3.8, 4) is 0 Å². The first-order valence-corrected chi connectivity index (χ1v) is 6.09. The Kier molecular flexibility index (Phi) is 2.91. The van der Waals surface area contributed by atoms with Crippen molar-refractivity contribution in [1.29, 1.82) is 0 Å². The van der Waals surface area contributed by atoms with Gasteiger partial charge in [-0.25, -0.2) is 4.98 Å². The Hall–Kier alpha value is -0.770. The predicted molar refractivity (Wildman–Crippen MR) is 61.6 cm³/mol. The third-order valence-corrected chi connectivity index (χ3v) is 3.75. The molecule has 1 heterocycles. The lowest BCUT2D eigenvalue weighted by Crippen LogP contribution is -2.32. The van der Waals surface area contributed by atoms with Crippen LogP contribution in [0.1, 0.15) is 32.6 Å². The second-order valence-corrected chi connectivity index (χ2v) is 4.98. The number of rotatable bonds is 4. The predicted octanol–water partition coefficient (Wildman–Crippen LogP) is 2.72. The molecule has 1 fully saturated rings. The number of thiazole rings is 1. The summed E-state index contributed by atoms with van der Waals surface area (Å²) in [5.74, 6) is 0.852. The van der Waals surface area contributed by atoms with Gasteiger partial charge in [0.25, 0.3) is 0 Å². The van der Waals surface area contributed by atoms with Crippen molar-refractivity contribution < 1.29 is 0 Å². The van der Waals surface area contributed by atoms with Crippen LogP contribution < -0.4 is 11.1 Å². The summed E-state index contributed by atoms with van der Waals surface area (Å²) in [5.41, 5.74) is 5.63. The molecule has 0 saturated heterocycles. The third-order valence-electron chi connectivity index (χ3n) is 2.99. The fourth-order valence-electron chi connectivity index (χ4n) is 1.91. The molecule has 0 radical (unpaired) electrons. The lowest BCUT2D eigenvalue weighted by Gasteiger charge is -2.33. The Bertz CT molecular complexity index is 293. The Morgan fingerprint density at radius 1 is 1.71 bits per heavy atom. The number of nitrogen functional groups attached to an aromatic ring is 1. The molecule has 0 aromatic carbocycles. The van der Waals surface area contributed by atoms with Crippen molar-refractivity contribution in [2.24, 2.45) is 5.92 Å². The maximum absolute atomic E-state index is 5.63. The van der Waals surface area contributed by atoms with Crippen LogP contribution in [0.25, 0.3) is 0 Å². The lowest BCUT2D eigenvalue weighted by molar-refractivity contribution is 0.270. The van der Waals surface area contributed by atoms with E-state index < -0.39 is 0 Å². The van der Waals surface area contributed by atoms with E-state index in [1.807, 2.05) is 0 Å². The maximum Gasteiger partial charge on any atom is 0.184 e. The maximum atomic E-state index is 5.63. The minimum Gasteiger partial charge on any atom is -0.389 e. The largest absolute Gasteiger partial charge is 0.389 e. The highest BCUT2D eigenvalue weighted by Gasteiger charge is 2.26. The normalized spacial score (nSPS) is 18.9. The molecule has 4 heteroatoms. The van der Waals surface area contributed by atoms with Gasteiger partial charge in [0.05, 0.1) is 6.20 Å². The van der Waals surface area contributed by atoms with Gasteiger partial charge in [-0.2, -0.15) is 0 Å². The zero-order valence-electron chi connectivity index (χ0n) is 8.49. The summed E-state index contributed by atoms with van der Waals surface area (Å²) in [6.07, 6.45) is 7.02.